The fourth-order valence-electron chi connectivity index (χ4n) is 2.19. The normalized spacial score (nSPS) is 18.5. The SMILES string of the molecule is CC(NCCN1CCCC1)c1ccc(F)cn1. The summed E-state index contributed by atoms with van der Waals surface area (Å²) in [5, 5.41) is 3.42. The quantitative estimate of drug-likeness (QED) is 0.848. The first-order valence-electron chi connectivity index (χ1n) is 6.33. The zero-order valence-electron chi connectivity index (χ0n) is 10.3. The van der Waals surface area contributed by atoms with Crippen molar-refractivity contribution in [1.29, 1.82) is 0 Å². The van der Waals surface area contributed by atoms with Gasteiger partial charge in [0.05, 0.1) is 11.9 Å². The Balaban J connectivity index is 1.72. The molecule has 0 aromatic carbocycles. The lowest BCUT2D eigenvalue weighted by molar-refractivity contribution is 0.329. The molecule has 1 aromatic heterocycles. The van der Waals surface area contributed by atoms with Gasteiger partial charge in [-0.2, -0.15) is 0 Å². The lowest BCUT2D eigenvalue weighted by Crippen LogP contribution is -2.31. The van der Waals surface area contributed by atoms with E-state index in [2.05, 4.69) is 22.1 Å². The Bertz CT molecular complexity index is 333. The van der Waals surface area contributed by atoms with E-state index < -0.39 is 0 Å². The summed E-state index contributed by atoms with van der Waals surface area (Å²) in [5.74, 6) is -0.280. The molecule has 17 heavy (non-hydrogen) atoms. The standard InChI is InChI=1S/C13H20FN3/c1-11(13-5-4-12(14)10-16-13)15-6-9-17-7-2-3-8-17/h4-5,10-11,15H,2-3,6-9H2,1H3. The van der Waals surface area contributed by atoms with Crippen LogP contribution < -0.4 is 5.32 Å². The average Bonchev–Trinajstić information content (AvgIpc) is 2.83. The van der Waals surface area contributed by atoms with Gasteiger partial charge in [-0.25, -0.2) is 4.39 Å². The van der Waals surface area contributed by atoms with Gasteiger partial charge >= 0.3 is 0 Å². The van der Waals surface area contributed by atoms with E-state index in [-0.39, 0.29) is 11.9 Å². The number of pyridine rings is 1. The molecule has 2 heterocycles. The van der Waals surface area contributed by atoms with E-state index in [0.717, 1.165) is 18.8 Å². The molecule has 1 saturated heterocycles. The summed E-state index contributed by atoms with van der Waals surface area (Å²) in [6.45, 7) is 6.56. The molecule has 0 saturated carbocycles. The van der Waals surface area contributed by atoms with Crippen molar-refractivity contribution in [3.63, 3.8) is 0 Å². The number of nitrogens with one attached hydrogen (secondary N) is 1. The van der Waals surface area contributed by atoms with Crippen LogP contribution >= 0.6 is 0 Å². The van der Waals surface area contributed by atoms with E-state index >= 15 is 0 Å². The highest BCUT2D eigenvalue weighted by Gasteiger charge is 2.11. The van der Waals surface area contributed by atoms with E-state index in [1.54, 1.807) is 6.07 Å². The highest BCUT2D eigenvalue weighted by atomic mass is 19.1. The number of hydrogen-bond acceptors (Lipinski definition) is 3. The Kier molecular flexibility index (Phi) is 4.45. The molecule has 1 aliphatic rings. The van der Waals surface area contributed by atoms with Crippen LogP contribution in [0.5, 0.6) is 0 Å². The first kappa shape index (κ1) is 12.5. The summed E-state index contributed by atoms with van der Waals surface area (Å²) >= 11 is 0. The van der Waals surface area contributed by atoms with Crippen LogP contribution in [0.1, 0.15) is 31.5 Å². The lowest BCUT2D eigenvalue weighted by Gasteiger charge is -2.18. The maximum absolute atomic E-state index is 12.7. The van der Waals surface area contributed by atoms with Gasteiger partial charge in [0.25, 0.3) is 0 Å². The molecule has 4 heteroatoms. The second kappa shape index (κ2) is 6.07. The maximum Gasteiger partial charge on any atom is 0.141 e. The van der Waals surface area contributed by atoms with Gasteiger partial charge in [-0.05, 0) is 45.0 Å². The average molecular weight is 237 g/mol. The molecular weight excluding hydrogens is 217 g/mol. The number of rotatable bonds is 5. The molecule has 1 aromatic rings. The van der Waals surface area contributed by atoms with E-state index in [4.69, 9.17) is 0 Å². The molecule has 0 bridgehead atoms. The van der Waals surface area contributed by atoms with Gasteiger partial charge in [-0.3, -0.25) is 4.98 Å². The van der Waals surface area contributed by atoms with Crippen LogP contribution in [0.15, 0.2) is 18.3 Å². The molecule has 0 amide bonds. The first-order chi connectivity index (χ1) is 8.25. The molecule has 1 atom stereocenters. The zero-order chi connectivity index (χ0) is 12.1. The van der Waals surface area contributed by atoms with Crippen molar-refractivity contribution in [1.82, 2.24) is 15.2 Å². The van der Waals surface area contributed by atoms with E-state index in [0.29, 0.717) is 0 Å². The van der Waals surface area contributed by atoms with Gasteiger partial charge in [0.15, 0.2) is 0 Å². The monoisotopic (exact) mass is 237 g/mol. The molecule has 0 spiro atoms. The summed E-state index contributed by atoms with van der Waals surface area (Å²) in [6, 6.07) is 3.38. The fraction of sp³-hybridized carbons (Fsp3) is 0.615. The van der Waals surface area contributed by atoms with Crippen molar-refractivity contribution < 1.29 is 4.39 Å². The molecule has 0 aliphatic carbocycles. The minimum Gasteiger partial charge on any atom is -0.308 e. The van der Waals surface area contributed by atoms with Crippen LogP contribution in [0, 0.1) is 5.82 Å². The van der Waals surface area contributed by atoms with Gasteiger partial charge in [-0.1, -0.05) is 0 Å². The Labute approximate surface area is 102 Å². The maximum atomic E-state index is 12.7. The summed E-state index contributed by atoms with van der Waals surface area (Å²) in [7, 11) is 0. The van der Waals surface area contributed by atoms with E-state index in [1.807, 2.05) is 0 Å². The summed E-state index contributed by atoms with van der Waals surface area (Å²) < 4.78 is 12.7. The highest BCUT2D eigenvalue weighted by molar-refractivity contribution is 5.08. The third kappa shape index (κ3) is 3.75. The predicted octanol–water partition coefficient (Wildman–Crippen LogP) is 1.97. The van der Waals surface area contributed by atoms with Crippen LogP contribution in [0.25, 0.3) is 0 Å². The van der Waals surface area contributed by atoms with Crippen LogP contribution in [-0.2, 0) is 0 Å². The Morgan fingerprint density at radius 1 is 1.41 bits per heavy atom. The topological polar surface area (TPSA) is 28.2 Å². The number of nitrogens with zero attached hydrogens (tertiary/aromatic N) is 2. The predicted molar refractivity (Wildman–Crippen MR) is 66.3 cm³/mol. The molecule has 0 radical (unpaired) electrons. The first-order valence-corrected chi connectivity index (χ1v) is 6.33. The smallest absolute Gasteiger partial charge is 0.141 e. The molecule has 1 unspecified atom stereocenters. The van der Waals surface area contributed by atoms with Crippen LogP contribution in [0.3, 0.4) is 0 Å². The van der Waals surface area contributed by atoms with Crippen molar-refractivity contribution in [2.24, 2.45) is 0 Å². The number of halogens is 1. The van der Waals surface area contributed by atoms with E-state index in [1.165, 1.54) is 38.2 Å². The van der Waals surface area contributed by atoms with E-state index in [9.17, 15) is 4.39 Å². The van der Waals surface area contributed by atoms with Crippen molar-refractivity contribution in [2.45, 2.75) is 25.8 Å². The number of aromatic nitrogens is 1. The summed E-state index contributed by atoms with van der Waals surface area (Å²) in [5.41, 5.74) is 0.896. The fourth-order valence-corrected chi connectivity index (χ4v) is 2.19. The van der Waals surface area contributed by atoms with Gasteiger partial charge < -0.3 is 10.2 Å². The zero-order valence-corrected chi connectivity index (χ0v) is 10.3. The van der Waals surface area contributed by atoms with Gasteiger partial charge in [0.2, 0.25) is 0 Å². The summed E-state index contributed by atoms with van der Waals surface area (Å²) in [4.78, 5) is 6.55. The molecule has 1 N–H and O–H groups in total. The van der Waals surface area contributed by atoms with Crippen molar-refractivity contribution in [2.75, 3.05) is 26.2 Å². The molecule has 3 nitrogen and oxygen atoms in total. The minimum atomic E-state index is -0.280. The van der Waals surface area contributed by atoms with Crippen LogP contribution in [0.4, 0.5) is 4.39 Å². The lowest BCUT2D eigenvalue weighted by atomic mass is 10.2. The third-order valence-corrected chi connectivity index (χ3v) is 3.27. The van der Waals surface area contributed by atoms with Crippen molar-refractivity contribution >= 4 is 0 Å². The van der Waals surface area contributed by atoms with Crippen LogP contribution in [-0.4, -0.2) is 36.1 Å². The molecular formula is C13H20FN3. The Morgan fingerprint density at radius 3 is 2.82 bits per heavy atom. The number of likely N-dealkylation sites (tertiary alicyclic amines) is 1. The van der Waals surface area contributed by atoms with Crippen LogP contribution in [0.2, 0.25) is 0 Å². The molecule has 94 valence electrons. The number of hydrogen-bond donors (Lipinski definition) is 1. The molecule has 1 fully saturated rings. The third-order valence-electron chi connectivity index (χ3n) is 3.27. The molecule has 2 rings (SSSR count). The van der Waals surface area contributed by atoms with Gasteiger partial charge in [0.1, 0.15) is 5.82 Å². The molecule has 1 aliphatic heterocycles. The van der Waals surface area contributed by atoms with Gasteiger partial charge in [-0.15, -0.1) is 0 Å². The van der Waals surface area contributed by atoms with Crippen molar-refractivity contribution in [3.8, 4) is 0 Å². The largest absolute Gasteiger partial charge is 0.308 e. The Morgan fingerprint density at radius 2 is 2.18 bits per heavy atom. The second-order valence-corrected chi connectivity index (χ2v) is 4.63. The highest BCUT2D eigenvalue weighted by Crippen LogP contribution is 2.10. The summed E-state index contributed by atoms with van der Waals surface area (Å²) in [6.07, 6.45) is 3.93. The van der Waals surface area contributed by atoms with Crippen molar-refractivity contribution in [3.05, 3.63) is 29.8 Å². The van der Waals surface area contributed by atoms with Gasteiger partial charge in [0, 0.05) is 19.1 Å². The Hall–Kier alpha value is -1.00. The minimum absolute atomic E-state index is 0.179. The second-order valence-electron chi connectivity index (χ2n) is 4.63.